The largest absolute Gasteiger partial charge is 0.508 e. The molecular formula is C19H24N4O5S. The Bertz CT molecular complexity index is 946. The average Bonchev–Trinajstić information content (AvgIpc) is 2.72. The first-order valence-electron chi connectivity index (χ1n) is 8.62. The van der Waals surface area contributed by atoms with Crippen molar-refractivity contribution in [2.45, 2.75) is 17.4 Å². The van der Waals surface area contributed by atoms with E-state index in [0.29, 0.717) is 0 Å². The fourth-order valence-corrected chi connectivity index (χ4v) is 3.53. The molecule has 10 heteroatoms. The number of ether oxygens (including phenoxy) is 1. The van der Waals surface area contributed by atoms with Crippen molar-refractivity contribution in [3.8, 4) is 5.75 Å². The number of phenolic OH excluding ortho intramolecular Hbond substituents is 1. The number of rotatable bonds is 9. The lowest BCUT2D eigenvalue weighted by Gasteiger charge is -2.24. The van der Waals surface area contributed by atoms with Crippen LogP contribution in [0.25, 0.3) is 0 Å². The van der Waals surface area contributed by atoms with Gasteiger partial charge in [-0.25, -0.2) is 23.8 Å². The summed E-state index contributed by atoms with van der Waals surface area (Å²) in [6.45, 7) is -0.196. The molecule has 0 heterocycles. The van der Waals surface area contributed by atoms with Crippen LogP contribution < -0.4 is 16.3 Å². The minimum atomic E-state index is -3.73. The van der Waals surface area contributed by atoms with Crippen LogP contribution in [0.5, 0.6) is 5.75 Å². The predicted molar refractivity (Wildman–Crippen MR) is 108 cm³/mol. The molecule has 6 N–H and O–H groups in total. The second kappa shape index (κ2) is 9.92. The van der Waals surface area contributed by atoms with E-state index in [9.17, 15) is 18.3 Å². The Kier molecular flexibility index (Phi) is 7.59. The van der Waals surface area contributed by atoms with Gasteiger partial charge in [0, 0.05) is 18.3 Å². The minimum Gasteiger partial charge on any atom is -0.508 e. The first kappa shape index (κ1) is 22.2. The van der Waals surface area contributed by atoms with Gasteiger partial charge in [-0.1, -0.05) is 30.3 Å². The molecule has 2 rings (SSSR count). The molecular weight excluding hydrogens is 396 g/mol. The van der Waals surface area contributed by atoms with Crippen LogP contribution in [0, 0.1) is 0 Å². The van der Waals surface area contributed by atoms with Gasteiger partial charge in [0.05, 0.1) is 18.6 Å². The SMILES string of the molecule is COC(=O)[C@H](Cc1ccc(O)cc1)N(N)/C=C(\N)CNS(=O)(=O)c1ccccc1. The highest BCUT2D eigenvalue weighted by Crippen LogP contribution is 2.14. The average molecular weight is 420 g/mol. The molecule has 0 bridgehead atoms. The molecule has 156 valence electrons. The van der Waals surface area contributed by atoms with Crippen molar-refractivity contribution >= 4 is 16.0 Å². The van der Waals surface area contributed by atoms with Crippen LogP contribution >= 0.6 is 0 Å². The van der Waals surface area contributed by atoms with Crippen molar-refractivity contribution < 1.29 is 23.1 Å². The lowest BCUT2D eigenvalue weighted by atomic mass is 10.1. The van der Waals surface area contributed by atoms with Gasteiger partial charge >= 0.3 is 5.97 Å². The molecule has 2 aromatic carbocycles. The van der Waals surface area contributed by atoms with Gasteiger partial charge < -0.3 is 20.6 Å². The number of esters is 1. The topological polar surface area (TPSA) is 148 Å². The maximum Gasteiger partial charge on any atom is 0.330 e. The minimum absolute atomic E-state index is 0.0998. The summed E-state index contributed by atoms with van der Waals surface area (Å²) in [4.78, 5) is 12.2. The van der Waals surface area contributed by atoms with Crippen LogP contribution in [-0.4, -0.2) is 44.2 Å². The van der Waals surface area contributed by atoms with Gasteiger partial charge in [-0.2, -0.15) is 0 Å². The summed E-state index contributed by atoms with van der Waals surface area (Å²) in [5.74, 6) is 5.48. The van der Waals surface area contributed by atoms with E-state index in [-0.39, 0.29) is 29.3 Å². The molecule has 0 spiro atoms. The summed E-state index contributed by atoms with van der Waals surface area (Å²) in [5, 5.41) is 10.4. The Hall–Kier alpha value is -3.08. The maximum atomic E-state index is 12.2. The zero-order chi connectivity index (χ0) is 21.4. The van der Waals surface area contributed by atoms with E-state index in [4.69, 9.17) is 16.3 Å². The van der Waals surface area contributed by atoms with Crippen molar-refractivity contribution in [3.05, 3.63) is 72.1 Å². The summed E-state index contributed by atoms with van der Waals surface area (Å²) >= 11 is 0. The monoisotopic (exact) mass is 420 g/mol. The highest BCUT2D eigenvalue weighted by Gasteiger charge is 2.24. The summed E-state index contributed by atoms with van der Waals surface area (Å²) in [7, 11) is -2.49. The molecule has 0 saturated carbocycles. The summed E-state index contributed by atoms with van der Waals surface area (Å²) in [6, 6.07) is 13.2. The Morgan fingerprint density at radius 1 is 1.21 bits per heavy atom. The van der Waals surface area contributed by atoms with Crippen molar-refractivity contribution in [3.63, 3.8) is 0 Å². The molecule has 0 fully saturated rings. The number of carbonyl (C=O) groups is 1. The third kappa shape index (κ3) is 6.49. The van der Waals surface area contributed by atoms with Crippen LogP contribution in [0.2, 0.25) is 0 Å². The van der Waals surface area contributed by atoms with Gasteiger partial charge in [-0.05, 0) is 29.8 Å². The number of hydrogen-bond acceptors (Lipinski definition) is 8. The normalized spacial score (nSPS) is 13.0. The Labute approximate surface area is 169 Å². The Morgan fingerprint density at radius 3 is 2.41 bits per heavy atom. The van der Waals surface area contributed by atoms with E-state index in [1.807, 2.05) is 0 Å². The van der Waals surface area contributed by atoms with E-state index < -0.39 is 22.0 Å². The van der Waals surface area contributed by atoms with Gasteiger partial charge in [-0.15, -0.1) is 0 Å². The van der Waals surface area contributed by atoms with Crippen molar-refractivity contribution in [2.24, 2.45) is 11.6 Å². The van der Waals surface area contributed by atoms with E-state index in [2.05, 4.69) is 4.72 Å². The number of nitrogens with zero attached hydrogens (tertiary/aromatic N) is 1. The quantitative estimate of drug-likeness (QED) is 0.259. The molecule has 0 aliphatic carbocycles. The fraction of sp³-hybridized carbons (Fsp3) is 0.211. The van der Waals surface area contributed by atoms with Gasteiger partial charge in [0.15, 0.2) is 0 Å². The number of hydrazine groups is 1. The molecule has 0 aromatic heterocycles. The lowest BCUT2D eigenvalue weighted by molar-refractivity contribution is -0.146. The second-order valence-corrected chi connectivity index (χ2v) is 7.97. The molecule has 0 aliphatic rings. The van der Waals surface area contributed by atoms with Gasteiger partial charge in [-0.3, -0.25) is 0 Å². The second-order valence-electron chi connectivity index (χ2n) is 6.20. The third-order valence-electron chi connectivity index (χ3n) is 4.03. The molecule has 29 heavy (non-hydrogen) atoms. The number of hydrogen-bond donors (Lipinski definition) is 4. The van der Waals surface area contributed by atoms with Crippen molar-refractivity contribution in [1.82, 2.24) is 9.73 Å². The van der Waals surface area contributed by atoms with E-state index in [0.717, 1.165) is 10.6 Å². The number of aromatic hydroxyl groups is 1. The summed E-state index contributed by atoms with van der Waals surface area (Å²) in [6.07, 6.45) is 1.47. The van der Waals surface area contributed by atoms with Crippen LogP contribution in [-0.2, 0) is 26.0 Å². The van der Waals surface area contributed by atoms with Crippen molar-refractivity contribution in [2.75, 3.05) is 13.7 Å². The highest BCUT2D eigenvalue weighted by atomic mass is 32.2. The van der Waals surface area contributed by atoms with Gasteiger partial charge in [0.25, 0.3) is 0 Å². The molecule has 9 nitrogen and oxygen atoms in total. The standard InChI is InChI=1S/C19H24N4O5S/c1-28-19(25)18(11-14-7-9-16(24)10-8-14)23(21)13-15(20)12-22-29(26,27)17-5-3-2-4-6-17/h2-10,13,18,22,24H,11-12,20-21H2,1H3/b15-13-/t18-/m0/s1. The molecule has 1 atom stereocenters. The van der Waals surface area contributed by atoms with Gasteiger partial charge in [0.2, 0.25) is 10.0 Å². The number of nitrogens with one attached hydrogen (secondary N) is 1. The van der Waals surface area contributed by atoms with Crippen LogP contribution in [0.15, 0.2) is 71.4 Å². The lowest BCUT2D eigenvalue weighted by Crippen LogP contribution is -2.45. The summed E-state index contributed by atoms with van der Waals surface area (Å²) in [5.41, 5.74) is 6.72. The molecule has 0 unspecified atom stereocenters. The number of sulfonamides is 1. The number of phenols is 1. The number of benzene rings is 2. The predicted octanol–water partition coefficient (Wildman–Crippen LogP) is 0.431. The number of nitrogens with two attached hydrogens (primary N) is 2. The van der Waals surface area contributed by atoms with E-state index >= 15 is 0 Å². The molecule has 0 saturated heterocycles. The van der Waals surface area contributed by atoms with E-state index in [1.54, 1.807) is 30.3 Å². The molecule has 0 aliphatic heterocycles. The van der Waals surface area contributed by atoms with Crippen LogP contribution in [0.3, 0.4) is 0 Å². The molecule has 0 amide bonds. The maximum absolute atomic E-state index is 12.2. The molecule has 2 aromatic rings. The highest BCUT2D eigenvalue weighted by molar-refractivity contribution is 7.89. The smallest absolute Gasteiger partial charge is 0.330 e. The zero-order valence-electron chi connectivity index (χ0n) is 15.9. The molecule has 0 radical (unpaired) electrons. The Balaban J connectivity index is 2.07. The van der Waals surface area contributed by atoms with Crippen molar-refractivity contribution in [1.29, 1.82) is 0 Å². The van der Waals surface area contributed by atoms with Crippen LogP contribution in [0.1, 0.15) is 5.56 Å². The van der Waals surface area contributed by atoms with Gasteiger partial charge in [0.1, 0.15) is 11.8 Å². The first-order valence-corrected chi connectivity index (χ1v) is 10.1. The fourth-order valence-electron chi connectivity index (χ4n) is 2.49. The number of methoxy groups -OCH3 is 1. The first-order chi connectivity index (χ1) is 13.7. The van der Waals surface area contributed by atoms with E-state index in [1.165, 1.54) is 37.6 Å². The summed E-state index contributed by atoms with van der Waals surface area (Å²) < 4.78 is 31.7. The third-order valence-corrected chi connectivity index (χ3v) is 5.45. The van der Waals surface area contributed by atoms with Crippen LogP contribution in [0.4, 0.5) is 0 Å². The number of carbonyl (C=O) groups excluding carboxylic acids is 1. The zero-order valence-corrected chi connectivity index (χ0v) is 16.7. The Morgan fingerprint density at radius 2 is 1.83 bits per heavy atom.